The van der Waals surface area contributed by atoms with Gasteiger partial charge in [0.15, 0.2) is 0 Å². The molecule has 0 saturated carbocycles. The molecule has 3 rings (SSSR count). The summed E-state index contributed by atoms with van der Waals surface area (Å²) in [6.45, 7) is 3.22. The Labute approximate surface area is 171 Å². The normalized spacial score (nSPS) is 11.6. The third kappa shape index (κ3) is 6.68. The van der Waals surface area contributed by atoms with Crippen LogP contribution >= 0.6 is 0 Å². The number of ether oxygens (including phenoxy) is 2. The molecule has 3 aromatic carbocycles. The monoisotopic (exact) mass is 390 g/mol. The van der Waals surface area contributed by atoms with Crippen LogP contribution < -0.4 is 9.47 Å². The van der Waals surface area contributed by atoms with Crippen molar-refractivity contribution in [2.45, 2.75) is 32.3 Å². The zero-order chi connectivity index (χ0) is 20.5. The van der Waals surface area contributed by atoms with E-state index in [1.807, 2.05) is 66.7 Å². The Morgan fingerprint density at radius 2 is 1.62 bits per heavy atom. The van der Waals surface area contributed by atoms with Crippen molar-refractivity contribution >= 4 is 5.97 Å². The fourth-order valence-electron chi connectivity index (χ4n) is 2.99. The van der Waals surface area contributed by atoms with Crippen molar-refractivity contribution in [3.8, 4) is 11.5 Å². The second-order valence-electron chi connectivity index (χ2n) is 7.10. The molecule has 0 aliphatic carbocycles. The highest BCUT2D eigenvalue weighted by molar-refractivity contribution is 5.67. The number of rotatable bonds is 10. The first kappa shape index (κ1) is 20.5. The van der Waals surface area contributed by atoms with E-state index in [1.165, 1.54) is 5.56 Å². The number of carboxylic acids is 1. The van der Waals surface area contributed by atoms with E-state index in [9.17, 15) is 4.79 Å². The van der Waals surface area contributed by atoms with Gasteiger partial charge in [0.1, 0.15) is 18.1 Å². The van der Waals surface area contributed by atoms with Gasteiger partial charge in [0.05, 0.1) is 6.61 Å². The Morgan fingerprint density at radius 1 is 0.862 bits per heavy atom. The minimum atomic E-state index is -0.786. The summed E-state index contributed by atoms with van der Waals surface area (Å²) in [5, 5.41) is 8.75. The molecule has 1 atom stereocenters. The van der Waals surface area contributed by atoms with Crippen LogP contribution in [0.1, 0.15) is 36.0 Å². The second kappa shape index (κ2) is 10.3. The maximum Gasteiger partial charge on any atom is 0.303 e. The standard InChI is InChI=1S/C25H26O4/c1-19(22-7-3-2-4-8-22)17-28-24-9-5-6-21(16-24)18-29-23-13-10-20(11-14-23)12-15-25(26)27/h2-11,13-14,16,19H,12,15,17-18H2,1H3,(H,26,27). The summed E-state index contributed by atoms with van der Waals surface area (Å²) in [7, 11) is 0. The quantitative estimate of drug-likeness (QED) is 0.499. The molecule has 0 aliphatic rings. The van der Waals surface area contributed by atoms with Gasteiger partial charge in [-0.25, -0.2) is 0 Å². The maximum atomic E-state index is 10.6. The molecule has 0 saturated heterocycles. The van der Waals surface area contributed by atoms with Gasteiger partial charge in [-0.1, -0.05) is 61.5 Å². The average Bonchev–Trinajstić information content (AvgIpc) is 2.76. The summed E-state index contributed by atoms with van der Waals surface area (Å²) in [5.74, 6) is 1.12. The Bertz CT molecular complexity index is 904. The van der Waals surface area contributed by atoms with Crippen molar-refractivity contribution in [3.05, 3.63) is 95.6 Å². The molecule has 150 valence electrons. The van der Waals surface area contributed by atoms with Crippen LogP contribution in [0.15, 0.2) is 78.9 Å². The highest BCUT2D eigenvalue weighted by atomic mass is 16.5. The molecular formula is C25H26O4. The molecule has 0 aromatic heterocycles. The first-order chi connectivity index (χ1) is 14.1. The number of aliphatic carboxylic acids is 1. The van der Waals surface area contributed by atoms with Crippen LogP contribution in [0.2, 0.25) is 0 Å². The van der Waals surface area contributed by atoms with Gasteiger partial charge in [-0.15, -0.1) is 0 Å². The zero-order valence-electron chi connectivity index (χ0n) is 16.6. The maximum absolute atomic E-state index is 10.6. The van der Waals surface area contributed by atoms with Crippen LogP contribution in [-0.2, 0) is 17.8 Å². The summed E-state index contributed by atoms with van der Waals surface area (Å²) in [6, 6.07) is 25.8. The number of benzene rings is 3. The van der Waals surface area contributed by atoms with Gasteiger partial charge in [0, 0.05) is 12.3 Å². The smallest absolute Gasteiger partial charge is 0.303 e. The highest BCUT2D eigenvalue weighted by Gasteiger charge is 2.07. The van der Waals surface area contributed by atoms with E-state index in [4.69, 9.17) is 14.6 Å². The van der Waals surface area contributed by atoms with Gasteiger partial charge in [-0.05, 0) is 47.4 Å². The topological polar surface area (TPSA) is 55.8 Å². The fraction of sp³-hybridized carbons (Fsp3) is 0.240. The number of hydrogen-bond acceptors (Lipinski definition) is 3. The lowest BCUT2D eigenvalue weighted by molar-refractivity contribution is -0.136. The van der Waals surface area contributed by atoms with Crippen molar-refractivity contribution in [2.24, 2.45) is 0 Å². The molecule has 3 aromatic rings. The molecule has 1 unspecified atom stereocenters. The van der Waals surface area contributed by atoms with Crippen LogP contribution in [-0.4, -0.2) is 17.7 Å². The fourth-order valence-corrected chi connectivity index (χ4v) is 2.99. The molecule has 0 spiro atoms. The molecule has 0 bridgehead atoms. The van der Waals surface area contributed by atoms with Crippen molar-refractivity contribution in [1.29, 1.82) is 0 Å². The first-order valence-corrected chi connectivity index (χ1v) is 9.80. The molecule has 0 aliphatic heterocycles. The lowest BCUT2D eigenvalue weighted by Gasteiger charge is -2.14. The van der Waals surface area contributed by atoms with Gasteiger partial charge in [-0.3, -0.25) is 4.79 Å². The zero-order valence-corrected chi connectivity index (χ0v) is 16.6. The Kier molecular flexibility index (Phi) is 7.28. The number of hydrogen-bond donors (Lipinski definition) is 1. The average molecular weight is 390 g/mol. The summed E-state index contributed by atoms with van der Waals surface area (Å²) < 4.78 is 11.8. The Hall–Kier alpha value is -3.27. The minimum absolute atomic E-state index is 0.135. The number of carbonyl (C=O) groups is 1. The lowest BCUT2D eigenvalue weighted by atomic mass is 10.0. The molecule has 0 fully saturated rings. The SMILES string of the molecule is CC(COc1cccc(COc2ccc(CCC(=O)O)cc2)c1)c1ccccc1. The van der Waals surface area contributed by atoms with Crippen LogP contribution in [0.4, 0.5) is 0 Å². The molecule has 0 amide bonds. The molecule has 4 heteroatoms. The number of aryl methyl sites for hydroxylation is 1. The van der Waals surface area contributed by atoms with E-state index in [0.717, 1.165) is 22.6 Å². The van der Waals surface area contributed by atoms with Crippen LogP contribution in [0.25, 0.3) is 0 Å². The van der Waals surface area contributed by atoms with Crippen molar-refractivity contribution in [1.82, 2.24) is 0 Å². The molecule has 29 heavy (non-hydrogen) atoms. The van der Waals surface area contributed by atoms with Gasteiger partial charge in [-0.2, -0.15) is 0 Å². The predicted octanol–water partition coefficient (Wildman–Crippen LogP) is 5.47. The summed E-state index contributed by atoms with van der Waals surface area (Å²) >= 11 is 0. The largest absolute Gasteiger partial charge is 0.493 e. The lowest BCUT2D eigenvalue weighted by Crippen LogP contribution is -2.07. The molecule has 1 N–H and O–H groups in total. The van der Waals surface area contributed by atoms with Gasteiger partial charge >= 0.3 is 5.97 Å². The molecule has 0 radical (unpaired) electrons. The van der Waals surface area contributed by atoms with E-state index in [2.05, 4.69) is 19.1 Å². The van der Waals surface area contributed by atoms with Gasteiger partial charge in [0.25, 0.3) is 0 Å². The molecular weight excluding hydrogens is 364 g/mol. The van der Waals surface area contributed by atoms with Crippen molar-refractivity contribution in [3.63, 3.8) is 0 Å². The van der Waals surface area contributed by atoms with Crippen LogP contribution in [0.5, 0.6) is 11.5 Å². The van der Waals surface area contributed by atoms with E-state index in [0.29, 0.717) is 25.6 Å². The Balaban J connectivity index is 1.50. The second-order valence-corrected chi connectivity index (χ2v) is 7.10. The minimum Gasteiger partial charge on any atom is -0.493 e. The van der Waals surface area contributed by atoms with Crippen LogP contribution in [0, 0.1) is 0 Å². The third-order valence-electron chi connectivity index (χ3n) is 4.72. The van der Waals surface area contributed by atoms with Crippen molar-refractivity contribution < 1.29 is 19.4 Å². The molecule has 0 heterocycles. The summed E-state index contributed by atoms with van der Waals surface area (Å²) in [6.07, 6.45) is 0.659. The van der Waals surface area contributed by atoms with E-state index >= 15 is 0 Å². The molecule has 4 nitrogen and oxygen atoms in total. The van der Waals surface area contributed by atoms with Gasteiger partial charge in [0.2, 0.25) is 0 Å². The summed E-state index contributed by atoms with van der Waals surface area (Å²) in [4.78, 5) is 10.6. The van der Waals surface area contributed by atoms with E-state index in [1.54, 1.807) is 0 Å². The highest BCUT2D eigenvalue weighted by Crippen LogP contribution is 2.20. The van der Waals surface area contributed by atoms with E-state index in [-0.39, 0.29) is 6.42 Å². The summed E-state index contributed by atoms with van der Waals surface area (Å²) in [5.41, 5.74) is 3.28. The van der Waals surface area contributed by atoms with E-state index < -0.39 is 5.97 Å². The predicted molar refractivity (Wildman–Crippen MR) is 114 cm³/mol. The van der Waals surface area contributed by atoms with Crippen LogP contribution in [0.3, 0.4) is 0 Å². The Morgan fingerprint density at radius 3 is 2.34 bits per heavy atom. The number of carboxylic acid groups (broad SMARTS) is 1. The van der Waals surface area contributed by atoms with Crippen molar-refractivity contribution in [2.75, 3.05) is 6.61 Å². The van der Waals surface area contributed by atoms with Gasteiger partial charge < -0.3 is 14.6 Å². The first-order valence-electron chi connectivity index (χ1n) is 9.80. The third-order valence-corrected chi connectivity index (χ3v) is 4.72.